The summed E-state index contributed by atoms with van der Waals surface area (Å²) < 4.78 is 5.36. The average molecular weight is 259 g/mol. The maximum absolute atomic E-state index is 5.52. The Kier molecular flexibility index (Phi) is 4.71. The van der Waals surface area contributed by atoms with Gasteiger partial charge in [0, 0.05) is 11.9 Å². The van der Waals surface area contributed by atoms with Crippen molar-refractivity contribution < 1.29 is 4.74 Å². The Morgan fingerprint density at radius 3 is 2.84 bits per heavy atom. The maximum Gasteiger partial charge on any atom is 0.145 e. The molecule has 4 nitrogen and oxygen atoms in total. The van der Waals surface area contributed by atoms with Gasteiger partial charge in [0.15, 0.2) is 0 Å². The lowest BCUT2D eigenvalue weighted by Gasteiger charge is -2.16. The second-order valence-corrected chi connectivity index (χ2v) is 4.71. The van der Waals surface area contributed by atoms with E-state index in [0.717, 1.165) is 48.4 Å². The molecule has 0 aliphatic carbocycles. The van der Waals surface area contributed by atoms with E-state index >= 15 is 0 Å². The quantitative estimate of drug-likeness (QED) is 0.862. The molecule has 0 saturated heterocycles. The molecule has 2 rings (SSSR count). The fourth-order valence-electron chi connectivity index (χ4n) is 2.13. The van der Waals surface area contributed by atoms with Crippen molar-refractivity contribution in [3.63, 3.8) is 0 Å². The van der Waals surface area contributed by atoms with E-state index in [1.807, 2.05) is 18.2 Å². The molecule has 1 aromatic heterocycles. The minimum absolute atomic E-state index is 0.726. The number of ether oxygens (including phenoxy) is 1. The molecular formula is C15H21N3O. The number of methoxy groups -OCH3 is 1. The first-order valence-corrected chi connectivity index (χ1v) is 6.56. The molecule has 0 radical (unpaired) electrons. The van der Waals surface area contributed by atoms with Crippen LogP contribution < -0.4 is 10.5 Å². The molecule has 0 aliphatic heterocycles. The third-order valence-electron chi connectivity index (χ3n) is 3.14. The van der Waals surface area contributed by atoms with Gasteiger partial charge in [0.05, 0.1) is 12.8 Å². The molecule has 0 fully saturated rings. The van der Waals surface area contributed by atoms with E-state index in [1.54, 1.807) is 7.11 Å². The first-order valence-electron chi connectivity index (χ1n) is 6.56. The number of benzene rings is 1. The van der Waals surface area contributed by atoms with Gasteiger partial charge in [0.1, 0.15) is 11.3 Å². The fraction of sp³-hybridized carbons (Fsp3) is 0.400. The van der Waals surface area contributed by atoms with Crippen LogP contribution in [0.5, 0.6) is 5.75 Å². The number of para-hydroxylation sites is 1. The van der Waals surface area contributed by atoms with Crippen LogP contribution in [0.4, 0.5) is 0 Å². The SMILES string of the molecule is COc1cccc2ccc(CN(C)CCCN)nc12. The van der Waals surface area contributed by atoms with Crippen LogP contribution >= 0.6 is 0 Å². The predicted molar refractivity (Wildman–Crippen MR) is 78.3 cm³/mol. The molecule has 0 amide bonds. The number of nitrogens with zero attached hydrogens (tertiary/aromatic N) is 2. The molecule has 0 atom stereocenters. The molecule has 2 aromatic rings. The minimum Gasteiger partial charge on any atom is -0.494 e. The molecule has 102 valence electrons. The van der Waals surface area contributed by atoms with Crippen LogP contribution in [0.3, 0.4) is 0 Å². The topological polar surface area (TPSA) is 51.4 Å². The smallest absolute Gasteiger partial charge is 0.145 e. The van der Waals surface area contributed by atoms with E-state index < -0.39 is 0 Å². The van der Waals surface area contributed by atoms with Gasteiger partial charge in [-0.25, -0.2) is 4.98 Å². The highest BCUT2D eigenvalue weighted by Gasteiger charge is 2.06. The minimum atomic E-state index is 0.726. The van der Waals surface area contributed by atoms with Crippen LogP contribution in [0, 0.1) is 0 Å². The Morgan fingerprint density at radius 2 is 2.11 bits per heavy atom. The fourth-order valence-corrected chi connectivity index (χ4v) is 2.13. The number of rotatable bonds is 6. The molecule has 19 heavy (non-hydrogen) atoms. The van der Waals surface area contributed by atoms with Gasteiger partial charge in [-0.15, -0.1) is 0 Å². The van der Waals surface area contributed by atoms with Crippen molar-refractivity contribution in [1.82, 2.24) is 9.88 Å². The summed E-state index contributed by atoms with van der Waals surface area (Å²) in [4.78, 5) is 6.93. The zero-order valence-electron chi connectivity index (χ0n) is 11.6. The summed E-state index contributed by atoms with van der Waals surface area (Å²) in [6.45, 7) is 2.54. The summed E-state index contributed by atoms with van der Waals surface area (Å²) in [6, 6.07) is 10.1. The number of fused-ring (bicyclic) bond motifs is 1. The van der Waals surface area contributed by atoms with Gasteiger partial charge >= 0.3 is 0 Å². The highest BCUT2D eigenvalue weighted by atomic mass is 16.5. The van der Waals surface area contributed by atoms with E-state index in [-0.39, 0.29) is 0 Å². The Morgan fingerprint density at radius 1 is 1.26 bits per heavy atom. The van der Waals surface area contributed by atoms with Gasteiger partial charge in [-0.3, -0.25) is 0 Å². The normalized spacial score (nSPS) is 11.2. The molecule has 1 aromatic carbocycles. The van der Waals surface area contributed by atoms with E-state index in [0.29, 0.717) is 0 Å². The molecule has 0 bridgehead atoms. The van der Waals surface area contributed by atoms with Crippen LogP contribution in [0.1, 0.15) is 12.1 Å². The Bertz CT molecular complexity index is 542. The highest BCUT2D eigenvalue weighted by molar-refractivity contribution is 5.84. The van der Waals surface area contributed by atoms with Gasteiger partial charge in [0.25, 0.3) is 0 Å². The lowest BCUT2D eigenvalue weighted by Crippen LogP contribution is -2.21. The van der Waals surface area contributed by atoms with Crippen molar-refractivity contribution in [2.24, 2.45) is 5.73 Å². The monoisotopic (exact) mass is 259 g/mol. The average Bonchev–Trinajstić information content (AvgIpc) is 2.44. The van der Waals surface area contributed by atoms with E-state index in [4.69, 9.17) is 15.5 Å². The first-order chi connectivity index (χ1) is 9.24. The largest absolute Gasteiger partial charge is 0.494 e. The van der Waals surface area contributed by atoms with E-state index in [9.17, 15) is 0 Å². The summed E-state index contributed by atoms with van der Waals surface area (Å²) in [5.41, 5.74) is 7.50. The zero-order chi connectivity index (χ0) is 13.7. The molecule has 0 unspecified atom stereocenters. The van der Waals surface area contributed by atoms with Crippen molar-refractivity contribution in [2.45, 2.75) is 13.0 Å². The highest BCUT2D eigenvalue weighted by Crippen LogP contribution is 2.23. The van der Waals surface area contributed by atoms with Gasteiger partial charge in [-0.1, -0.05) is 18.2 Å². The molecule has 2 N–H and O–H groups in total. The zero-order valence-corrected chi connectivity index (χ0v) is 11.6. The first kappa shape index (κ1) is 13.8. The lowest BCUT2D eigenvalue weighted by atomic mass is 10.2. The maximum atomic E-state index is 5.52. The molecule has 0 saturated carbocycles. The van der Waals surface area contributed by atoms with Crippen LogP contribution in [0.15, 0.2) is 30.3 Å². The summed E-state index contributed by atoms with van der Waals surface area (Å²) in [6.07, 6.45) is 1.01. The predicted octanol–water partition coefficient (Wildman–Crippen LogP) is 2.02. The Labute approximate surface area is 114 Å². The van der Waals surface area contributed by atoms with Gasteiger partial charge in [0.2, 0.25) is 0 Å². The number of nitrogens with two attached hydrogens (primary N) is 1. The summed E-state index contributed by atoms with van der Waals surface area (Å²) in [5.74, 6) is 0.823. The van der Waals surface area contributed by atoms with Crippen molar-refractivity contribution in [3.8, 4) is 5.75 Å². The second-order valence-electron chi connectivity index (χ2n) is 4.71. The molecule has 0 aliphatic rings. The molecule has 0 spiro atoms. The van der Waals surface area contributed by atoms with Crippen molar-refractivity contribution in [2.75, 3.05) is 27.2 Å². The van der Waals surface area contributed by atoms with E-state index in [2.05, 4.69) is 24.1 Å². The second kappa shape index (κ2) is 6.50. The summed E-state index contributed by atoms with van der Waals surface area (Å²) >= 11 is 0. The van der Waals surface area contributed by atoms with Gasteiger partial charge in [-0.05, 0) is 38.7 Å². The van der Waals surface area contributed by atoms with Crippen LogP contribution in [-0.2, 0) is 6.54 Å². The third kappa shape index (κ3) is 3.43. The lowest BCUT2D eigenvalue weighted by molar-refractivity contribution is 0.320. The van der Waals surface area contributed by atoms with Crippen molar-refractivity contribution >= 4 is 10.9 Å². The van der Waals surface area contributed by atoms with Gasteiger partial charge in [-0.2, -0.15) is 0 Å². The third-order valence-corrected chi connectivity index (χ3v) is 3.14. The Balaban J connectivity index is 2.20. The number of pyridine rings is 1. The number of hydrogen-bond acceptors (Lipinski definition) is 4. The number of aromatic nitrogens is 1. The van der Waals surface area contributed by atoms with Crippen molar-refractivity contribution in [3.05, 3.63) is 36.0 Å². The van der Waals surface area contributed by atoms with Crippen molar-refractivity contribution in [1.29, 1.82) is 0 Å². The summed E-state index contributed by atoms with van der Waals surface area (Å²) in [7, 11) is 3.76. The van der Waals surface area contributed by atoms with E-state index in [1.165, 1.54) is 0 Å². The standard InChI is InChI=1S/C15H21N3O/c1-18(10-4-9-16)11-13-8-7-12-5-3-6-14(19-2)15(12)17-13/h3,5-8H,4,9-11,16H2,1-2H3. The van der Waals surface area contributed by atoms with Crippen LogP contribution in [-0.4, -0.2) is 37.1 Å². The molecular weight excluding hydrogens is 238 g/mol. The van der Waals surface area contributed by atoms with Gasteiger partial charge < -0.3 is 15.4 Å². The van der Waals surface area contributed by atoms with Crippen LogP contribution in [0.2, 0.25) is 0 Å². The number of hydrogen-bond donors (Lipinski definition) is 1. The summed E-state index contributed by atoms with van der Waals surface area (Å²) in [5, 5.41) is 1.10. The van der Waals surface area contributed by atoms with Crippen LogP contribution in [0.25, 0.3) is 10.9 Å². The molecule has 1 heterocycles. The molecule has 4 heteroatoms. The Hall–Kier alpha value is -1.65.